The summed E-state index contributed by atoms with van der Waals surface area (Å²) < 4.78 is 0. The number of nitriles is 1. The molecule has 2 rings (SSSR count). The Labute approximate surface area is 123 Å². The van der Waals surface area contributed by atoms with Gasteiger partial charge in [-0.05, 0) is 48.7 Å². The highest BCUT2D eigenvalue weighted by molar-refractivity contribution is 6.10. The van der Waals surface area contributed by atoms with E-state index in [1.807, 2.05) is 38.1 Å². The second kappa shape index (κ2) is 6.49. The number of nitrogens with zero attached hydrogens (tertiary/aromatic N) is 2. The molecule has 0 aliphatic heterocycles. The highest BCUT2D eigenvalue weighted by Crippen LogP contribution is 2.20. The number of carbonyl (C=O) groups is 1. The Morgan fingerprint density at radius 3 is 2.38 bits per heavy atom. The summed E-state index contributed by atoms with van der Waals surface area (Å²) in [6, 6.07) is 11.2. The van der Waals surface area contributed by atoms with E-state index < -0.39 is 5.91 Å². The van der Waals surface area contributed by atoms with Crippen molar-refractivity contribution in [1.82, 2.24) is 4.98 Å². The number of amides is 1. The molecule has 1 heterocycles. The van der Waals surface area contributed by atoms with Crippen molar-refractivity contribution in [3.05, 3.63) is 65.0 Å². The maximum absolute atomic E-state index is 12.2. The van der Waals surface area contributed by atoms with Crippen molar-refractivity contribution in [1.29, 1.82) is 5.26 Å². The van der Waals surface area contributed by atoms with Crippen LogP contribution in [-0.2, 0) is 4.79 Å². The first-order valence-electron chi connectivity index (χ1n) is 6.51. The lowest BCUT2D eigenvalue weighted by molar-refractivity contribution is -0.112. The van der Waals surface area contributed by atoms with Gasteiger partial charge < -0.3 is 5.32 Å². The van der Waals surface area contributed by atoms with Crippen LogP contribution in [0.15, 0.2) is 48.3 Å². The third-order valence-electron chi connectivity index (χ3n) is 3.10. The van der Waals surface area contributed by atoms with E-state index in [4.69, 9.17) is 0 Å². The summed E-state index contributed by atoms with van der Waals surface area (Å²) in [6.07, 6.45) is 4.78. The predicted octanol–water partition coefficient (Wildman–Crippen LogP) is 3.24. The molecule has 0 saturated heterocycles. The molecule has 1 aromatic carbocycles. The molecular weight excluding hydrogens is 262 g/mol. The quantitative estimate of drug-likeness (QED) is 0.691. The smallest absolute Gasteiger partial charge is 0.266 e. The average Bonchev–Trinajstić information content (AvgIpc) is 2.49. The zero-order chi connectivity index (χ0) is 15.2. The van der Waals surface area contributed by atoms with Crippen LogP contribution >= 0.6 is 0 Å². The van der Waals surface area contributed by atoms with Gasteiger partial charge in [-0.1, -0.05) is 18.2 Å². The van der Waals surface area contributed by atoms with Gasteiger partial charge in [0.2, 0.25) is 0 Å². The molecule has 0 saturated carbocycles. The molecule has 1 N–H and O–H groups in total. The van der Waals surface area contributed by atoms with Crippen LogP contribution in [0.2, 0.25) is 0 Å². The fraction of sp³-hybridized carbons (Fsp3) is 0.118. The van der Waals surface area contributed by atoms with Gasteiger partial charge in [0.1, 0.15) is 11.6 Å². The molecule has 21 heavy (non-hydrogen) atoms. The number of para-hydroxylation sites is 1. The number of anilines is 1. The van der Waals surface area contributed by atoms with Gasteiger partial charge in [0.25, 0.3) is 5.91 Å². The zero-order valence-electron chi connectivity index (χ0n) is 11.9. The van der Waals surface area contributed by atoms with Gasteiger partial charge in [-0.15, -0.1) is 0 Å². The maximum Gasteiger partial charge on any atom is 0.266 e. The third kappa shape index (κ3) is 3.54. The number of aryl methyl sites for hydroxylation is 2. The number of hydrogen-bond donors (Lipinski definition) is 1. The second-order valence-corrected chi connectivity index (χ2v) is 4.67. The molecule has 4 heteroatoms. The monoisotopic (exact) mass is 277 g/mol. The lowest BCUT2D eigenvalue weighted by Crippen LogP contribution is -2.15. The molecule has 1 aromatic heterocycles. The molecule has 0 spiro atoms. The van der Waals surface area contributed by atoms with Gasteiger partial charge in [0.05, 0.1) is 0 Å². The van der Waals surface area contributed by atoms with Crippen molar-refractivity contribution in [2.24, 2.45) is 0 Å². The molecule has 0 aliphatic carbocycles. The largest absolute Gasteiger partial charge is 0.321 e. The maximum atomic E-state index is 12.2. The van der Waals surface area contributed by atoms with E-state index in [-0.39, 0.29) is 5.57 Å². The number of carbonyl (C=O) groups excluding carboxylic acids is 1. The van der Waals surface area contributed by atoms with Crippen LogP contribution < -0.4 is 5.32 Å². The predicted molar refractivity (Wildman–Crippen MR) is 82.4 cm³/mol. The summed E-state index contributed by atoms with van der Waals surface area (Å²) in [5.74, 6) is -0.410. The van der Waals surface area contributed by atoms with E-state index in [0.717, 1.165) is 22.4 Å². The van der Waals surface area contributed by atoms with Crippen molar-refractivity contribution >= 4 is 17.7 Å². The molecule has 4 nitrogen and oxygen atoms in total. The lowest BCUT2D eigenvalue weighted by atomic mass is 10.1. The van der Waals surface area contributed by atoms with Crippen molar-refractivity contribution in [3.63, 3.8) is 0 Å². The van der Waals surface area contributed by atoms with E-state index >= 15 is 0 Å². The molecule has 0 bridgehead atoms. The number of benzene rings is 1. The van der Waals surface area contributed by atoms with Crippen molar-refractivity contribution < 1.29 is 4.79 Å². The SMILES string of the molecule is Cc1cccc(C)c1NC(=O)/C(C#N)=C/c1ccncc1. The van der Waals surface area contributed by atoms with E-state index in [1.54, 1.807) is 30.6 Å². The Morgan fingerprint density at radius 2 is 1.81 bits per heavy atom. The van der Waals surface area contributed by atoms with Crippen molar-refractivity contribution in [3.8, 4) is 6.07 Å². The minimum absolute atomic E-state index is 0.0591. The lowest BCUT2D eigenvalue weighted by Gasteiger charge is -2.10. The molecule has 0 atom stereocenters. The molecule has 1 amide bonds. The van der Waals surface area contributed by atoms with Gasteiger partial charge in [-0.2, -0.15) is 5.26 Å². The molecule has 0 aliphatic rings. The zero-order valence-corrected chi connectivity index (χ0v) is 11.9. The molecule has 0 fully saturated rings. The molecule has 0 unspecified atom stereocenters. The van der Waals surface area contributed by atoms with E-state index in [1.165, 1.54) is 0 Å². The van der Waals surface area contributed by atoms with Crippen molar-refractivity contribution in [2.45, 2.75) is 13.8 Å². The first kappa shape index (κ1) is 14.5. The molecule has 104 valence electrons. The summed E-state index contributed by atoms with van der Waals surface area (Å²) in [5, 5.41) is 12.0. The first-order chi connectivity index (χ1) is 10.1. The first-order valence-corrected chi connectivity index (χ1v) is 6.51. The van der Waals surface area contributed by atoms with E-state index in [2.05, 4.69) is 10.3 Å². The van der Waals surface area contributed by atoms with Crippen LogP contribution in [0.25, 0.3) is 6.08 Å². The second-order valence-electron chi connectivity index (χ2n) is 4.67. The molecular formula is C17H15N3O. The molecule has 0 radical (unpaired) electrons. The van der Waals surface area contributed by atoms with Gasteiger partial charge in [-0.3, -0.25) is 9.78 Å². The van der Waals surface area contributed by atoms with Crippen LogP contribution in [0.3, 0.4) is 0 Å². The Balaban J connectivity index is 2.27. The highest BCUT2D eigenvalue weighted by Gasteiger charge is 2.12. The topological polar surface area (TPSA) is 65.8 Å². The summed E-state index contributed by atoms with van der Waals surface area (Å²) in [4.78, 5) is 16.1. The number of hydrogen-bond acceptors (Lipinski definition) is 3. The van der Waals surface area contributed by atoms with Crippen molar-refractivity contribution in [2.75, 3.05) is 5.32 Å². The standard InChI is InChI=1S/C17H15N3O/c1-12-4-3-5-13(2)16(12)20-17(21)15(11-18)10-14-6-8-19-9-7-14/h3-10H,1-2H3,(H,20,21)/b15-10+. The summed E-state index contributed by atoms with van der Waals surface area (Å²) in [7, 11) is 0. The van der Waals surface area contributed by atoms with Crippen LogP contribution in [0.1, 0.15) is 16.7 Å². The van der Waals surface area contributed by atoms with Gasteiger partial charge in [0.15, 0.2) is 0 Å². The van der Waals surface area contributed by atoms with Crippen LogP contribution in [0.5, 0.6) is 0 Å². The summed E-state index contributed by atoms with van der Waals surface area (Å²) >= 11 is 0. The van der Waals surface area contributed by atoms with Gasteiger partial charge >= 0.3 is 0 Å². The Bertz CT molecular complexity index is 707. The minimum atomic E-state index is -0.410. The number of pyridine rings is 1. The van der Waals surface area contributed by atoms with Crippen LogP contribution in [0, 0.1) is 25.2 Å². The Kier molecular flexibility index (Phi) is 4.47. The normalized spacial score (nSPS) is 10.8. The fourth-order valence-corrected chi connectivity index (χ4v) is 1.97. The number of rotatable bonds is 3. The fourth-order valence-electron chi connectivity index (χ4n) is 1.97. The minimum Gasteiger partial charge on any atom is -0.321 e. The van der Waals surface area contributed by atoms with Crippen LogP contribution in [-0.4, -0.2) is 10.9 Å². The average molecular weight is 277 g/mol. The molecule has 2 aromatic rings. The van der Waals surface area contributed by atoms with E-state index in [0.29, 0.717) is 0 Å². The number of nitrogens with one attached hydrogen (secondary N) is 1. The summed E-state index contributed by atoms with van der Waals surface area (Å²) in [6.45, 7) is 3.84. The summed E-state index contributed by atoms with van der Waals surface area (Å²) in [5.41, 5.74) is 3.49. The highest BCUT2D eigenvalue weighted by atomic mass is 16.1. The third-order valence-corrected chi connectivity index (χ3v) is 3.10. The van der Waals surface area contributed by atoms with Gasteiger partial charge in [0, 0.05) is 18.1 Å². The van der Waals surface area contributed by atoms with E-state index in [9.17, 15) is 10.1 Å². The number of aromatic nitrogens is 1. The van der Waals surface area contributed by atoms with Gasteiger partial charge in [-0.25, -0.2) is 0 Å². The Morgan fingerprint density at radius 1 is 1.19 bits per heavy atom. The van der Waals surface area contributed by atoms with Crippen LogP contribution in [0.4, 0.5) is 5.69 Å². The Hall–Kier alpha value is -2.93.